The van der Waals surface area contributed by atoms with Gasteiger partial charge in [-0.3, -0.25) is 4.90 Å². The molecule has 0 radical (unpaired) electrons. The summed E-state index contributed by atoms with van der Waals surface area (Å²) in [7, 11) is 0. The molecule has 0 spiro atoms. The molecule has 1 unspecified atom stereocenters. The van der Waals surface area contributed by atoms with E-state index in [1.165, 1.54) is 50.4 Å². The van der Waals surface area contributed by atoms with Crippen LogP contribution < -0.4 is 0 Å². The van der Waals surface area contributed by atoms with Crippen molar-refractivity contribution in [2.75, 3.05) is 31.6 Å². The van der Waals surface area contributed by atoms with E-state index in [0.717, 1.165) is 26.1 Å². The molecule has 18 heavy (non-hydrogen) atoms. The van der Waals surface area contributed by atoms with Gasteiger partial charge in [-0.1, -0.05) is 48.5 Å². The minimum absolute atomic E-state index is 0.469. The molecule has 1 aliphatic heterocycles. The monoisotopic (exact) mass is 317 g/mol. The van der Waals surface area contributed by atoms with Crippen LogP contribution in [0.25, 0.3) is 0 Å². The molecule has 2 aliphatic rings. The molecule has 106 valence electrons. The predicted molar refractivity (Wildman–Crippen MR) is 80.4 cm³/mol. The first-order valence-electron chi connectivity index (χ1n) is 7.68. The summed E-state index contributed by atoms with van der Waals surface area (Å²) in [4.78, 5) is 2.66. The zero-order valence-electron chi connectivity index (χ0n) is 11.8. The Morgan fingerprint density at radius 1 is 1.22 bits per heavy atom. The molecular weight excluding hydrogens is 290 g/mol. The van der Waals surface area contributed by atoms with Crippen LogP contribution in [0.1, 0.15) is 51.9 Å². The van der Waals surface area contributed by atoms with Crippen molar-refractivity contribution in [1.82, 2.24) is 4.90 Å². The topological polar surface area (TPSA) is 12.5 Å². The third-order valence-electron chi connectivity index (χ3n) is 4.68. The van der Waals surface area contributed by atoms with Crippen molar-refractivity contribution in [3.8, 4) is 0 Å². The second-order valence-corrected chi connectivity index (χ2v) is 6.74. The molecule has 0 aromatic carbocycles. The van der Waals surface area contributed by atoms with E-state index in [2.05, 4.69) is 27.8 Å². The molecule has 1 aliphatic carbocycles. The first-order valence-corrected chi connectivity index (χ1v) is 8.80. The molecule has 0 aromatic heterocycles. The fraction of sp³-hybridized carbons (Fsp3) is 1.00. The van der Waals surface area contributed by atoms with Gasteiger partial charge in [0.1, 0.15) is 0 Å². The van der Waals surface area contributed by atoms with Gasteiger partial charge >= 0.3 is 0 Å². The number of alkyl halides is 1. The number of hydrogen-bond acceptors (Lipinski definition) is 2. The van der Waals surface area contributed by atoms with Gasteiger partial charge in [0, 0.05) is 25.0 Å². The summed E-state index contributed by atoms with van der Waals surface area (Å²) >= 11 is 3.80. The Balaban J connectivity index is 1.91. The van der Waals surface area contributed by atoms with E-state index < -0.39 is 0 Å². The first-order chi connectivity index (χ1) is 8.78. The molecule has 0 bridgehead atoms. The standard InChI is InChI=1S/C15H28BrNO/c1-2-14-11-17(9-10-18-14)13-15(12-16)7-5-3-4-6-8-15/h14H,2-13H2,1H3. The molecule has 1 saturated carbocycles. The highest BCUT2D eigenvalue weighted by atomic mass is 79.9. The van der Waals surface area contributed by atoms with E-state index in [-0.39, 0.29) is 0 Å². The SMILES string of the molecule is CCC1CN(CC2(CBr)CCCCCC2)CCO1. The van der Waals surface area contributed by atoms with Crippen LogP contribution in [0.3, 0.4) is 0 Å². The highest BCUT2D eigenvalue weighted by molar-refractivity contribution is 9.09. The lowest BCUT2D eigenvalue weighted by atomic mass is 9.81. The fourth-order valence-electron chi connectivity index (χ4n) is 3.46. The molecule has 2 rings (SSSR count). The highest BCUT2D eigenvalue weighted by Gasteiger charge is 2.33. The lowest BCUT2D eigenvalue weighted by Gasteiger charge is -2.40. The third kappa shape index (κ3) is 3.94. The van der Waals surface area contributed by atoms with Gasteiger partial charge in [0.05, 0.1) is 12.7 Å². The average molecular weight is 318 g/mol. The Labute approximate surface area is 121 Å². The first kappa shape index (κ1) is 14.8. The van der Waals surface area contributed by atoms with Crippen molar-refractivity contribution in [3.63, 3.8) is 0 Å². The maximum Gasteiger partial charge on any atom is 0.0700 e. The Hall–Kier alpha value is 0.400. The molecule has 0 amide bonds. The normalized spacial score (nSPS) is 30.0. The zero-order chi connectivity index (χ0) is 12.8. The van der Waals surface area contributed by atoms with Crippen LogP contribution >= 0.6 is 15.9 Å². The van der Waals surface area contributed by atoms with Crippen LogP contribution in [0.15, 0.2) is 0 Å². The van der Waals surface area contributed by atoms with Crippen molar-refractivity contribution in [2.24, 2.45) is 5.41 Å². The Morgan fingerprint density at radius 3 is 2.56 bits per heavy atom. The smallest absolute Gasteiger partial charge is 0.0700 e. The molecule has 3 heteroatoms. The quantitative estimate of drug-likeness (QED) is 0.577. The number of morpholine rings is 1. The van der Waals surface area contributed by atoms with Crippen molar-refractivity contribution >= 4 is 15.9 Å². The fourth-order valence-corrected chi connectivity index (χ4v) is 4.20. The van der Waals surface area contributed by atoms with Gasteiger partial charge in [-0.15, -0.1) is 0 Å². The maximum absolute atomic E-state index is 5.78. The van der Waals surface area contributed by atoms with Gasteiger partial charge in [0.2, 0.25) is 0 Å². The Kier molecular flexibility index (Phi) is 5.96. The third-order valence-corrected chi connectivity index (χ3v) is 5.87. The van der Waals surface area contributed by atoms with E-state index in [0.29, 0.717) is 11.5 Å². The van der Waals surface area contributed by atoms with Gasteiger partial charge in [0.25, 0.3) is 0 Å². The Bertz CT molecular complexity index is 239. The summed E-state index contributed by atoms with van der Waals surface area (Å²) in [6.07, 6.45) is 10.2. The Morgan fingerprint density at radius 2 is 1.94 bits per heavy atom. The average Bonchev–Trinajstić information content (AvgIpc) is 2.65. The summed E-state index contributed by atoms with van der Waals surface area (Å²) in [5.74, 6) is 0. The van der Waals surface area contributed by atoms with Crippen LogP contribution in [0, 0.1) is 5.41 Å². The number of ether oxygens (including phenoxy) is 1. The molecule has 2 fully saturated rings. The van der Waals surface area contributed by atoms with Crippen LogP contribution in [-0.4, -0.2) is 42.6 Å². The number of hydrogen-bond donors (Lipinski definition) is 0. The molecule has 0 aromatic rings. The van der Waals surface area contributed by atoms with Gasteiger partial charge in [0.15, 0.2) is 0 Å². The van der Waals surface area contributed by atoms with Crippen molar-refractivity contribution < 1.29 is 4.74 Å². The summed E-state index contributed by atoms with van der Waals surface area (Å²) in [6, 6.07) is 0. The second-order valence-electron chi connectivity index (χ2n) is 6.18. The van der Waals surface area contributed by atoms with Gasteiger partial charge in [-0.25, -0.2) is 0 Å². The zero-order valence-corrected chi connectivity index (χ0v) is 13.4. The summed E-state index contributed by atoms with van der Waals surface area (Å²) in [5.41, 5.74) is 0.534. The minimum Gasteiger partial charge on any atom is -0.376 e. The van der Waals surface area contributed by atoms with Crippen LogP contribution in [0.5, 0.6) is 0 Å². The number of nitrogens with zero attached hydrogens (tertiary/aromatic N) is 1. The molecule has 1 heterocycles. The van der Waals surface area contributed by atoms with Gasteiger partial charge in [-0.05, 0) is 24.7 Å². The largest absolute Gasteiger partial charge is 0.376 e. The van der Waals surface area contributed by atoms with Crippen molar-refractivity contribution in [1.29, 1.82) is 0 Å². The molecule has 0 N–H and O–H groups in total. The number of rotatable bonds is 4. The van der Waals surface area contributed by atoms with E-state index >= 15 is 0 Å². The summed E-state index contributed by atoms with van der Waals surface area (Å²) < 4.78 is 5.78. The summed E-state index contributed by atoms with van der Waals surface area (Å²) in [5, 5.41) is 1.17. The van der Waals surface area contributed by atoms with E-state index in [1.807, 2.05) is 0 Å². The van der Waals surface area contributed by atoms with E-state index in [4.69, 9.17) is 4.74 Å². The molecular formula is C15H28BrNO. The van der Waals surface area contributed by atoms with Gasteiger partial charge in [-0.2, -0.15) is 0 Å². The summed E-state index contributed by atoms with van der Waals surface area (Å²) in [6.45, 7) is 6.71. The molecule has 2 nitrogen and oxygen atoms in total. The van der Waals surface area contributed by atoms with Crippen LogP contribution in [0.4, 0.5) is 0 Å². The lowest BCUT2D eigenvalue weighted by Crippen LogP contribution is -2.47. The molecule has 1 saturated heterocycles. The van der Waals surface area contributed by atoms with Crippen molar-refractivity contribution in [3.05, 3.63) is 0 Å². The maximum atomic E-state index is 5.78. The lowest BCUT2D eigenvalue weighted by molar-refractivity contribution is -0.0417. The van der Waals surface area contributed by atoms with Crippen molar-refractivity contribution in [2.45, 2.75) is 58.0 Å². The van der Waals surface area contributed by atoms with E-state index in [9.17, 15) is 0 Å². The van der Waals surface area contributed by atoms with Crippen LogP contribution in [-0.2, 0) is 4.74 Å². The number of halogens is 1. The predicted octanol–water partition coefficient (Wildman–Crippen LogP) is 3.83. The highest BCUT2D eigenvalue weighted by Crippen LogP contribution is 2.37. The molecule has 1 atom stereocenters. The minimum atomic E-state index is 0.469. The second kappa shape index (κ2) is 7.25. The van der Waals surface area contributed by atoms with E-state index in [1.54, 1.807) is 0 Å². The van der Waals surface area contributed by atoms with Crippen LogP contribution in [0.2, 0.25) is 0 Å². The van der Waals surface area contributed by atoms with Gasteiger partial charge < -0.3 is 4.74 Å².